The summed E-state index contributed by atoms with van der Waals surface area (Å²) in [5.74, 6) is 0.493. The first-order valence-corrected chi connectivity index (χ1v) is 6.18. The number of nitrogens with zero attached hydrogens (tertiary/aromatic N) is 2. The molecule has 0 aliphatic rings. The van der Waals surface area contributed by atoms with Crippen LogP contribution in [0.3, 0.4) is 0 Å². The van der Waals surface area contributed by atoms with Gasteiger partial charge in [-0.1, -0.05) is 13.0 Å². The van der Waals surface area contributed by atoms with E-state index in [0.29, 0.717) is 11.3 Å². The predicted octanol–water partition coefficient (Wildman–Crippen LogP) is 2.19. The van der Waals surface area contributed by atoms with E-state index in [1.807, 2.05) is 16.8 Å². The largest absolute Gasteiger partial charge is 0.465 e. The molecule has 0 bridgehead atoms. The smallest absolute Gasteiger partial charge is 0.340 e. The third-order valence-electron chi connectivity index (χ3n) is 2.94. The second-order valence-electron chi connectivity index (χ2n) is 4.19. The Morgan fingerprint density at radius 2 is 2.26 bits per heavy atom. The maximum atomic E-state index is 11.6. The number of hydrogen-bond acceptors (Lipinski definition) is 4. The lowest BCUT2D eigenvalue weighted by atomic mass is 10.1. The minimum absolute atomic E-state index is 0.371. The Hall–Kier alpha value is -2.30. The molecule has 5 nitrogen and oxygen atoms in total. The molecule has 0 radical (unpaired) electrons. The summed E-state index contributed by atoms with van der Waals surface area (Å²) in [5, 5.41) is 0. The van der Waals surface area contributed by atoms with Gasteiger partial charge >= 0.3 is 5.97 Å². The minimum Gasteiger partial charge on any atom is -0.465 e. The SMILES string of the molecule is CCCc1nccn1-c1cccc(C(=O)OC)c1N. The first-order valence-electron chi connectivity index (χ1n) is 6.18. The second-order valence-corrected chi connectivity index (χ2v) is 4.19. The molecule has 2 rings (SSSR count). The van der Waals surface area contributed by atoms with E-state index in [-0.39, 0.29) is 0 Å². The number of hydrogen-bond donors (Lipinski definition) is 1. The van der Waals surface area contributed by atoms with Gasteiger partial charge in [-0.15, -0.1) is 0 Å². The van der Waals surface area contributed by atoms with Crippen molar-refractivity contribution < 1.29 is 9.53 Å². The second kappa shape index (κ2) is 5.56. The fraction of sp³-hybridized carbons (Fsp3) is 0.286. The lowest BCUT2D eigenvalue weighted by Gasteiger charge is -2.12. The van der Waals surface area contributed by atoms with Gasteiger partial charge in [0.2, 0.25) is 0 Å². The summed E-state index contributed by atoms with van der Waals surface area (Å²) in [6.45, 7) is 2.09. The number of aromatic nitrogens is 2. The molecule has 0 atom stereocenters. The molecule has 2 N–H and O–H groups in total. The average molecular weight is 259 g/mol. The summed E-state index contributed by atoms with van der Waals surface area (Å²) >= 11 is 0. The zero-order valence-electron chi connectivity index (χ0n) is 11.1. The Balaban J connectivity index is 2.51. The molecule has 19 heavy (non-hydrogen) atoms. The van der Waals surface area contributed by atoms with Crippen LogP contribution in [0, 0.1) is 0 Å². The minimum atomic E-state index is -0.434. The summed E-state index contributed by atoms with van der Waals surface area (Å²) in [7, 11) is 1.34. The Labute approximate surface area is 112 Å². The van der Waals surface area contributed by atoms with Gasteiger partial charge in [-0.3, -0.25) is 0 Å². The maximum Gasteiger partial charge on any atom is 0.340 e. The van der Waals surface area contributed by atoms with E-state index >= 15 is 0 Å². The number of methoxy groups -OCH3 is 1. The number of rotatable bonds is 4. The highest BCUT2D eigenvalue weighted by Crippen LogP contribution is 2.23. The summed E-state index contributed by atoms with van der Waals surface area (Å²) in [6.07, 6.45) is 5.43. The van der Waals surface area contributed by atoms with E-state index in [0.717, 1.165) is 24.4 Å². The molecule has 0 spiro atoms. The van der Waals surface area contributed by atoms with Gasteiger partial charge in [0.1, 0.15) is 5.82 Å². The molecule has 1 aromatic carbocycles. The molecule has 1 heterocycles. The number of anilines is 1. The monoisotopic (exact) mass is 259 g/mol. The van der Waals surface area contributed by atoms with E-state index in [1.165, 1.54) is 7.11 Å². The highest BCUT2D eigenvalue weighted by atomic mass is 16.5. The van der Waals surface area contributed by atoms with E-state index in [4.69, 9.17) is 10.5 Å². The predicted molar refractivity (Wildman–Crippen MR) is 73.3 cm³/mol. The molecule has 0 unspecified atom stereocenters. The third-order valence-corrected chi connectivity index (χ3v) is 2.94. The van der Waals surface area contributed by atoms with Gasteiger partial charge in [0.25, 0.3) is 0 Å². The highest BCUT2D eigenvalue weighted by molar-refractivity contribution is 5.97. The van der Waals surface area contributed by atoms with Gasteiger partial charge < -0.3 is 15.0 Å². The van der Waals surface area contributed by atoms with Crippen LogP contribution in [0.1, 0.15) is 29.5 Å². The van der Waals surface area contributed by atoms with E-state index in [1.54, 1.807) is 18.3 Å². The normalized spacial score (nSPS) is 10.4. The molecule has 100 valence electrons. The Morgan fingerprint density at radius 1 is 1.47 bits per heavy atom. The zero-order valence-corrected chi connectivity index (χ0v) is 11.1. The van der Waals surface area contributed by atoms with Crippen LogP contribution in [0.5, 0.6) is 0 Å². The van der Waals surface area contributed by atoms with Crippen LogP contribution in [0.25, 0.3) is 5.69 Å². The summed E-state index contributed by atoms with van der Waals surface area (Å²) in [4.78, 5) is 15.9. The van der Waals surface area contributed by atoms with Gasteiger partial charge in [-0.2, -0.15) is 0 Å². The number of para-hydroxylation sites is 1. The van der Waals surface area contributed by atoms with Crippen molar-refractivity contribution >= 4 is 11.7 Å². The number of aryl methyl sites for hydroxylation is 1. The van der Waals surface area contributed by atoms with Crippen LogP contribution in [0.2, 0.25) is 0 Å². The molecular formula is C14H17N3O2. The van der Waals surface area contributed by atoms with E-state index in [9.17, 15) is 4.79 Å². The molecule has 0 amide bonds. The average Bonchev–Trinajstić information content (AvgIpc) is 2.87. The fourth-order valence-electron chi connectivity index (χ4n) is 2.01. The molecule has 0 aliphatic carbocycles. The first-order chi connectivity index (χ1) is 9.19. The summed E-state index contributed by atoms with van der Waals surface area (Å²) in [6, 6.07) is 5.30. The Morgan fingerprint density at radius 3 is 2.95 bits per heavy atom. The van der Waals surface area contributed by atoms with Gasteiger partial charge in [0.05, 0.1) is 24.0 Å². The van der Waals surface area contributed by atoms with Crippen molar-refractivity contribution in [3.63, 3.8) is 0 Å². The maximum absolute atomic E-state index is 11.6. The van der Waals surface area contributed by atoms with Gasteiger partial charge in [0, 0.05) is 18.8 Å². The number of imidazole rings is 1. The topological polar surface area (TPSA) is 70.1 Å². The van der Waals surface area contributed by atoms with Crippen LogP contribution >= 0.6 is 0 Å². The van der Waals surface area contributed by atoms with Crippen LogP contribution in [0.4, 0.5) is 5.69 Å². The number of nitrogen functional groups attached to an aromatic ring is 1. The van der Waals surface area contributed by atoms with Crippen molar-refractivity contribution in [2.45, 2.75) is 19.8 Å². The fourth-order valence-corrected chi connectivity index (χ4v) is 2.01. The molecule has 0 saturated heterocycles. The van der Waals surface area contributed by atoms with Gasteiger partial charge in [-0.05, 0) is 18.6 Å². The molecule has 0 fully saturated rings. The molecule has 2 aromatic rings. The van der Waals surface area contributed by atoms with Crippen LogP contribution < -0.4 is 5.73 Å². The number of esters is 1. The van der Waals surface area contributed by atoms with Crippen molar-refractivity contribution in [1.29, 1.82) is 0 Å². The quantitative estimate of drug-likeness (QED) is 0.675. The number of nitrogens with two attached hydrogens (primary N) is 1. The van der Waals surface area contributed by atoms with Gasteiger partial charge in [0.15, 0.2) is 0 Å². The van der Waals surface area contributed by atoms with Crippen molar-refractivity contribution in [3.05, 3.63) is 42.0 Å². The van der Waals surface area contributed by atoms with Crippen LogP contribution in [0.15, 0.2) is 30.6 Å². The van der Waals surface area contributed by atoms with Crippen molar-refractivity contribution in [2.24, 2.45) is 0 Å². The van der Waals surface area contributed by atoms with Crippen molar-refractivity contribution in [2.75, 3.05) is 12.8 Å². The number of ether oxygens (including phenoxy) is 1. The molecule has 0 saturated carbocycles. The Bertz CT molecular complexity index is 590. The number of carbonyl (C=O) groups is 1. The zero-order chi connectivity index (χ0) is 13.8. The third kappa shape index (κ3) is 2.45. The van der Waals surface area contributed by atoms with Crippen molar-refractivity contribution in [1.82, 2.24) is 9.55 Å². The lowest BCUT2D eigenvalue weighted by Crippen LogP contribution is -2.10. The van der Waals surface area contributed by atoms with Crippen LogP contribution in [-0.4, -0.2) is 22.6 Å². The molecular weight excluding hydrogens is 242 g/mol. The summed E-state index contributed by atoms with van der Waals surface area (Å²) < 4.78 is 6.63. The van der Waals surface area contributed by atoms with Crippen molar-refractivity contribution in [3.8, 4) is 5.69 Å². The highest BCUT2D eigenvalue weighted by Gasteiger charge is 2.15. The molecule has 0 aliphatic heterocycles. The Kier molecular flexibility index (Phi) is 3.85. The molecule has 1 aromatic heterocycles. The van der Waals surface area contributed by atoms with Crippen LogP contribution in [-0.2, 0) is 11.2 Å². The summed E-state index contributed by atoms with van der Waals surface area (Å²) in [5.41, 5.74) is 7.60. The first kappa shape index (κ1) is 13.1. The van der Waals surface area contributed by atoms with Gasteiger partial charge in [-0.25, -0.2) is 9.78 Å². The number of benzene rings is 1. The lowest BCUT2D eigenvalue weighted by molar-refractivity contribution is 0.0602. The number of carbonyl (C=O) groups excluding carboxylic acids is 1. The van der Waals surface area contributed by atoms with E-state index < -0.39 is 5.97 Å². The standard InChI is InChI=1S/C14H17N3O2/c1-3-5-12-16-8-9-17(12)11-7-4-6-10(13(11)15)14(18)19-2/h4,6-9H,3,5,15H2,1-2H3. The van der Waals surface area contributed by atoms with E-state index in [2.05, 4.69) is 11.9 Å². The molecule has 5 heteroatoms.